The zero-order valence-corrected chi connectivity index (χ0v) is 22.7. The van der Waals surface area contributed by atoms with Crippen LogP contribution in [-0.2, 0) is 27.4 Å². The van der Waals surface area contributed by atoms with E-state index in [4.69, 9.17) is 15.2 Å². The summed E-state index contributed by atoms with van der Waals surface area (Å²) in [6.07, 6.45) is 2.46. The molecule has 0 bridgehead atoms. The van der Waals surface area contributed by atoms with E-state index in [1.54, 1.807) is 0 Å². The number of aromatic amines is 1. The van der Waals surface area contributed by atoms with Gasteiger partial charge in [0.1, 0.15) is 18.4 Å². The first kappa shape index (κ1) is 27.4. The normalized spacial score (nSPS) is 17.1. The Labute approximate surface area is 234 Å². The first-order chi connectivity index (χ1) is 19.6. The second kappa shape index (κ2) is 12.8. The third-order valence-corrected chi connectivity index (χ3v) is 7.42. The number of nitrogens with two attached hydrogens (primary N) is 1. The smallest absolute Gasteiger partial charge is 0.328 e. The molecule has 0 saturated heterocycles. The van der Waals surface area contributed by atoms with Gasteiger partial charge in [-0.05, 0) is 67.1 Å². The van der Waals surface area contributed by atoms with Gasteiger partial charge in [-0.15, -0.1) is 0 Å². The Balaban J connectivity index is 1.41. The van der Waals surface area contributed by atoms with Crippen molar-refractivity contribution in [2.24, 2.45) is 5.73 Å². The summed E-state index contributed by atoms with van der Waals surface area (Å²) < 4.78 is 11.1. The number of benzene rings is 3. The third-order valence-electron chi connectivity index (χ3n) is 7.42. The molecule has 8 heteroatoms. The summed E-state index contributed by atoms with van der Waals surface area (Å²) in [5, 5.41) is 7.57. The van der Waals surface area contributed by atoms with Crippen LogP contribution in [0.5, 0.6) is 5.75 Å². The Hall–Kier alpha value is -4.14. The molecule has 3 atom stereocenters. The molecule has 3 aromatic carbocycles. The van der Waals surface area contributed by atoms with E-state index in [9.17, 15) is 9.59 Å². The average Bonchev–Trinajstić information content (AvgIpc) is 3.38. The quantitative estimate of drug-likeness (QED) is 0.168. The number of unbranched alkanes of at least 4 members (excludes halogenated alkanes) is 1. The van der Waals surface area contributed by atoms with Crippen LogP contribution in [-0.4, -0.2) is 42.6 Å². The first-order valence-electron chi connectivity index (χ1n) is 13.8. The largest absolute Gasteiger partial charge is 0.489 e. The Kier molecular flexibility index (Phi) is 8.78. The number of carbonyl (C=O) groups excluding carboxylic acids is 2. The van der Waals surface area contributed by atoms with Gasteiger partial charge in [0.05, 0.1) is 19.2 Å². The maximum Gasteiger partial charge on any atom is 0.328 e. The standard InChI is InChI=1S/C32H36N4O4/c1-39-32(38)27(16-7-8-17-33)36-31(37)28-19-25-24-14-5-6-15-26(24)34-30(25)29(35-28)22-12-9-13-23(18-22)40-20-21-10-3-2-4-11-21/h2-6,9-15,18,27-29,34-35H,7-8,16-17,19-20,33H2,1H3,(H,36,37). The lowest BCUT2D eigenvalue weighted by molar-refractivity contribution is -0.145. The van der Waals surface area contributed by atoms with Gasteiger partial charge in [0, 0.05) is 16.6 Å². The Morgan fingerprint density at radius 1 is 1.02 bits per heavy atom. The molecule has 0 spiro atoms. The molecule has 208 valence electrons. The van der Waals surface area contributed by atoms with Crippen LogP contribution in [0.4, 0.5) is 0 Å². The van der Waals surface area contributed by atoms with Crippen molar-refractivity contribution in [3.8, 4) is 5.75 Å². The number of aromatic nitrogens is 1. The molecule has 1 aromatic heterocycles. The Bertz CT molecular complexity index is 1450. The Morgan fingerprint density at radius 3 is 2.62 bits per heavy atom. The van der Waals surface area contributed by atoms with E-state index in [0.29, 0.717) is 26.0 Å². The number of ether oxygens (including phenoxy) is 2. The zero-order valence-electron chi connectivity index (χ0n) is 22.7. The molecule has 1 aliphatic rings. The maximum atomic E-state index is 13.6. The van der Waals surface area contributed by atoms with Crippen LogP contribution >= 0.6 is 0 Å². The molecule has 0 saturated carbocycles. The van der Waals surface area contributed by atoms with Crippen LogP contribution in [0.3, 0.4) is 0 Å². The van der Waals surface area contributed by atoms with Crippen LogP contribution in [0.1, 0.15) is 47.7 Å². The van der Waals surface area contributed by atoms with Crippen LogP contribution < -0.4 is 21.1 Å². The number of fused-ring (bicyclic) bond motifs is 3. The number of para-hydroxylation sites is 1. The van der Waals surface area contributed by atoms with E-state index < -0.39 is 18.1 Å². The lowest BCUT2D eigenvalue weighted by Gasteiger charge is -2.32. The van der Waals surface area contributed by atoms with Gasteiger partial charge in [0.25, 0.3) is 0 Å². The van der Waals surface area contributed by atoms with Gasteiger partial charge in [-0.1, -0.05) is 60.7 Å². The lowest BCUT2D eigenvalue weighted by atomic mass is 9.89. The topological polar surface area (TPSA) is 118 Å². The molecular formula is C32H36N4O4. The number of H-pyrrole nitrogens is 1. The molecule has 2 heterocycles. The van der Waals surface area contributed by atoms with Crippen LogP contribution in [0.2, 0.25) is 0 Å². The van der Waals surface area contributed by atoms with Crippen molar-refractivity contribution in [1.82, 2.24) is 15.6 Å². The fourth-order valence-corrected chi connectivity index (χ4v) is 5.35. The highest BCUT2D eigenvalue weighted by molar-refractivity contribution is 5.90. The van der Waals surface area contributed by atoms with Crippen molar-refractivity contribution in [3.05, 3.63) is 101 Å². The molecule has 40 heavy (non-hydrogen) atoms. The summed E-state index contributed by atoms with van der Waals surface area (Å²) in [5.41, 5.74) is 10.8. The molecule has 1 amide bonds. The van der Waals surface area contributed by atoms with Crippen molar-refractivity contribution in [3.63, 3.8) is 0 Å². The van der Waals surface area contributed by atoms with Gasteiger partial charge in [-0.2, -0.15) is 0 Å². The number of methoxy groups -OCH3 is 1. The lowest BCUT2D eigenvalue weighted by Crippen LogP contribution is -2.53. The van der Waals surface area contributed by atoms with Gasteiger partial charge in [-0.3, -0.25) is 10.1 Å². The molecule has 0 radical (unpaired) electrons. The van der Waals surface area contributed by atoms with Crippen molar-refractivity contribution in [1.29, 1.82) is 0 Å². The maximum absolute atomic E-state index is 13.6. The average molecular weight is 541 g/mol. The molecular weight excluding hydrogens is 504 g/mol. The van der Waals surface area contributed by atoms with Gasteiger partial charge in [0.15, 0.2) is 0 Å². The minimum atomic E-state index is -0.719. The minimum Gasteiger partial charge on any atom is -0.489 e. The van der Waals surface area contributed by atoms with Crippen LogP contribution in [0, 0.1) is 0 Å². The van der Waals surface area contributed by atoms with E-state index in [-0.39, 0.29) is 11.9 Å². The highest BCUT2D eigenvalue weighted by Gasteiger charge is 2.35. The summed E-state index contributed by atoms with van der Waals surface area (Å²) in [6, 6.07) is 24.6. The molecule has 5 rings (SSSR count). The van der Waals surface area contributed by atoms with E-state index in [2.05, 4.69) is 21.7 Å². The van der Waals surface area contributed by atoms with Crippen LogP contribution in [0.25, 0.3) is 10.9 Å². The number of esters is 1. The van der Waals surface area contributed by atoms with Gasteiger partial charge < -0.3 is 25.5 Å². The van der Waals surface area contributed by atoms with E-state index in [1.807, 2.05) is 72.8 Å². The molecule has 1 aliphatic heterocycles. The number of hydrogen-bond acceptors (Lipinski definition) is 6. The molecule has 0 aliphatic carbocycles. The predicted molar refractivity (Wildman–Crippen MR) is 155 cm³/mol. The van der Waals surface area contributed by atoms with Crippen molar-refractivity contribution >= 4 is 22.8 Å². The van der Waals surface area contributed by atoms with E-state index in [1.165, 1.54) is 7.11 Å². The number of nitrogens with one attached hydrogen (secondary N) is 3. The summed E-state index contributed by atoms with van der Waals surface area (Å²) in [5.74, 6) is 0.0624. The van der Waals surface area contributed by atoms with Crippen molar-refractivity contribution in [2.45, 2.75) is 50.4 Å². The van der Waals surface area contributed by atoms with Crippen molar-refractivity contribution in [2.75, 3.05) is 13.7 Å². The number of rotatable bonds is 11. The molecule has 8 nitrogen and oxygen atoms in total. The van der Waals surface area contributed by atoms with Crippen LogP contribution in [0.15, 0.2) is 78.9 Å². The number of hydrogen-bond donors (Lipinski definition) is 4. The zero-order chi connectivity index (χ0) is 27.9. The van der Waals surface area contributed by atoms with Gasteiger partial charge in [-0.25, -0.2) is 4.79 Å². The van der Waals surface area contributed by atoms with Gasteiger partial charge in [0.2, 0.25) is 5.91 Å². The molecule has 5 N–H and O–H groups in total. The molecule has 3 unspecified atom stereocenters. The van der Waals surface area contributed by atoms with Gasteiger partial charge >= 0.3 is 5.97 Å². The highest BCUT2D eigenvalue weighted by atomic mass is 16.5. The SMILES string of the molecule is COC(=O)C(CCCCN)NC(=O)C1Cc2c([nH]c3ccccc23)C(c2cccc(OCc3ccccc3)c2)N1. The predicted octanol–water partition coefficient (Wildman–Crippen LogP) is 4.14. The number of amides is 1. The summed E-state index contributed by atoms with van der Waals surface area (Å²) in [6.45, 7) is 0.995. The highest BCUT2D eigenvalue weighted by Crippen LogP contribution is 2.36. The molecule has 4 aromatic rings. The third kappa shape index (κ3) is 6.19. The fraction of sp³-hybridized carbons (Fsp3) is 0.312. The monoisotopic (exact) mass is 540 g/mol. The minimum absolute atomic E-state index is 0.236. The van der Waals surface area contributed by atoms with Crippen molar-refractivity contribution < 1.29 is 19.1 Å². The van der Waals surface area contributed by atoms with E-state index in [0.717, 1.165) is 51.9 Å². The Morgan fingerprint density at radius 2 is 1.82 bits per heavy atom. The molecule has 0 fully saturated rings. The second-order valence-electron chi connectivity index (χ2n) is 10.1. The number of carbonyl (C=O) groups is 2. The van der Waals surface area contributed by atoms with E-state index >= 15 is 0 Å². The fourth-order valence-electron chi connectivity index (χ4n) is 5.35. The summed E-state index contributed by atoms with van der Waals surface area (Å²) >= 11 is 0. The first-order valence-corrected chi connectivity index (χ1v) is 13.8. The second-order valence-corrected chi connectivity index (χ2v) is 10.1. The summed E-state index contributed by atoms with van der Waals surface area (Å²) in [7, 11) is 1.34. The summed E-state index contributed by atoms with van der Waals surface area (Å²) in [4.78, 5) is 29.6.